The molecule has 0 saturated carbocycles. The molecule has 78 valence electrons. The first-order valence-corrected chi connectivity index (χ1v) is 5.65. The molecule has 0 saturated heterocycles. The van der Waals surface area contributed by atoms with Crippen LogP contribution in [0.15, 0.2) is 24.4 Å². The Morgan fingerprint density at radius 1 is 1.33 bits per heavy atom. The Balaban J connectivity index is 2.34. The summed E-state index contributed by atoms with van der Waals surface area (Å²) in [5.41, 5.74) is 4.07. The predicted octanol–water partition coefficient (Wildman–Crippen LogP) is 2.95. The molecular weight excluding hydrogens is 184 g/mol. The lowest BCUT2D eigenvalue weighted by molar-refractivity contribution is 0.418. The Kier molecular flexibility index (Phi) is 1.70. The highest BCUT2D eigenvalue weighted by molar-refractivity contribution is 5.45. The summed E-state index contributed by atoms with van der Waals surface area (Å²) in [6.45, 7) is 4.61. The summed E-state index contributed by atoms with van der Waals surface area (Å²) in [7, 11) is 0. The zero-order chi connectivity index (χ0) is 10.5. The highest BCUT2D eigenvalue weighted by Gasteiger charge is 2.31. The van der Waals surface area contributed by atoms with Crippen molar-refractivity contribution in [1.82, 2.24) is 9.38 Å². The third kappa shape index (κ3) is 1.21. The summed E-state index contributed by atoms with van der Waals surface area (Å²) in [5, 5.41) is 0. The van der Waals surface area contributed by atoms with Gasteiger partial charge in [-0.05, 0) is 31.4 Å². The van der Waals surface area contributed by atoms with E-state index in [1.165, 1.54) is 30.7 Å². The van der Waals surface area contributed by atoms with Crippen LogP contribution in [-0.2, 0) is 11.8 Å². The van der Waals surface area contributed by atoms with Gasteiger partial charge in [0.05, 0.1) is 5.69 Å². The molecule has 0 amide bonds. The van der Waals surface area contributed by atoms with E-state index in [0.717, 1.165) is 5.65 Å². The van der Waals surface area contributed by atoms with Gasteiger partial charge in [-0.1, -0.05) is 19.9 Å². The van der Waals surface area contributed by atoms with Crippen molar-refractivity contribution in [2.45, 2.75) is 38.5 Å². The van der Waals surface area contributed by atoms with Gasteiger partial charge in [0.15, 0.2) is 0 Å². The lowest BCUT2D eigenvalue weighted by atomic mass is 9.78. The van der Waals surface area contributed by atoms with Gasteiger partial charge >= 0.3 is 0 Å². The van der Waals surface area contributed by atoms with Gasteiger partial charge in [0.1, 0.15) is 5.65 Å². The molecule has 0 unspecified atom stereocenters. The van der Waals surface area contributed by atoms with Crippen molar-refractivity contribution in [2.24, 2.45) is 0 Å². The van der Waals surface area contributed by atoms with Crippen molar-refractivity contribution in [3.8, 4) is 0 Å². The Morgan fingerprint density at radius 3 is 3.07 bits per heavy atom. The number of hydrogen-bond acceptors (Lipinski definition) is 1. The topological polar surface area (TPSA) is 17.3 Å². The van der Waals surface area contributed by atoms with Gasteiger partial charge < -0.3 is 4.40 Å². The third-order valence-electron chi connectivity index (χ3n) is 3.49. The van der Waals surface area contributed by atoms with E-state index in [0.29, 0.717) is 0 Å². The first-order chi connectivity index (χ1) is 7.18. The van der Waals surface area contributed by atoms with E-state index < -0.39 is 0 Å². The van der Waals surface area contributed by atoms with E-state index in [4.69, 9.17) is 4.98 Å². The standard InChI is InChI=1S/C13H16N2/c1-13(2)8-5-6-10-12(13)14-11-7-3-4-9-15(10)11/h3-4,7,9H,5-6,8H2,1-2H3. The molecule has 2 nitrogen and oxygen atoms in total. The predicted molar refractivity (Wildman–Crippen MR) is 61.2 cm³/mol. The number of nitrogens with zero attached hydrogens (tertiary/aromatic N) is 2. The second-order valence-corrected chi connectivity index (χ2v) is 5.07. The van der Waals surface area contributed by atoms with Gasteiger partial charge in [-0.3, -0.25) is 0 Å². The van der Waals surface area contributed by atoms with Crippen LogP contribution in [0.2, 0.25) is 0 Å². The summed E-state index contributed by atoms with van der Waals surface area (Å²) in [6, 6.07) is 6.23. The van der Waals surface area contributed by atoms with Crippen LogP contribution in [-0.4, -0.2) is 9.38 Å². The van der Waals surface area contributed by atoms with E-state index in [-0.39, 0.29) is 5.41 Å². The zero-order valence-corrected chi connectivity index (χ0v) is 9.33. The summed E-state index contributed by atoms with van der Waals surface area (Å²) in [6.07, 6.45) is 5.83. The number of imidazole rings is 1. The van der Waals surface area contributed by atoms with Crippen molar-refractivity contribution in [2.75, 3.05) is 0 Å². The van der Waals surface area contributed by atoms with Crippen molar-refractivity contribution >= 4 is 5.65 Å². The van der Waals surface area contributed by atoms with Crippen LogP contribution < -0.4 is 0 Å². The first-order valence-electron chi connectivity index (χ1n) is 5.65. The largest absolute Gasteiger partial charge is 0.304 e. The maximum absolute atomic E-state index is 4.77. The molecule has 2 aromatic heterocycles. The molecule has 1 aliphatic rings. The molecule has 0 aliphatic heterocycles. The fraction of sp³-hybridized carbons (Fsp3) is 0.462. The minimum Gasteiger partial charge on any atom is -0.304 e. The number of aryl methyl sites for hydroxylation is 1. The molecule has 0 N–H and O–H groups in total. The molecule has 2 heteroatoms. The van der Waals surface area contributed by atoms with Crippen LogP contribution >= 0.6 is 0 Å². The molecule has 2 heterocycles. The second-order valence-electron chi connectivity index (χ2n) is 5.07. The van der Waals surface area contributed by atoms with E-state index in [1.54, 1.807) is 0 Å². The number of pyridine rings is 1. The lowest BCUT2D eigenvalue weighted by Crippen LogP contribution is -2.24. The Morgan fingerprint density at radius 2 is 2.20 bits per heavy atom. The van der Waals surface area contributed by atoms with Crippen LogP contribution in [0.3, 0.4) is 0 Å². The van der Waals surface area contributed by atoms with Gasteiger partial charge in [0.25, 0.3) is 0 Å². The quantitative estimate of drug-likeness (QED) is 0.639. The minimum atomic E-state index is 0.250. The van der Waals surface area contributed by atoms with Crippen LogP contribution in [0.4, 0.5) is 0 Å². The Labute approximate surface area is 90.0 Å². The van der Waals surface area contributed by atoms with Gasteiger partial charge in [0.2, 0.25) is 0 Å². The van der Waals surface area contributed by atoms with Gasteiger partial charge in [-0.15, -0.1) is 0 Å². The molecular formula is C13H16N2. The van der Waals surface area contributed by atoms with Crippen LogP contribution in [0.25, 0.3) is 5.65 Å². The first kappa shape index (κ1) is 8.96. The lowest BCUT2D eigenvalue weighted by Gasteiger charge is -2.28. The maximum Gasteiger partial charge on any atom is 0.137 e. The van der Waals surface area contributed by atoms with E-state index in [2.05, 4.69) is 42.6 Å². The minimum absolute atomic E-state index is 0.250. The van der Waals surface area contributed by atoms with Crippen LogP contribution in [0.1, 0.15) is 38.1 Å². The molecule has 0 bridgehead atoms. The monoisotopic (exact) mass is 200 g/mol. The zero-order valence-electron chi connectivity index (χ0n) is 9.33. The summed E-state index contributed by atoms with van der Waals surface area (Å²) in [5.74, 6) is 0. The summed E-state index contributed by atoms with van der Waals surface area (Å²) in [4.78, 5) is 4.77. The van der Waals surface area contributed by atoms with Gasteiger partial charge in [-0.25, -0.2) is 4.98 Å². The van der Waals surface area contributed by atoms with Crippen molar-refractivity contribution < 1.29 is 0 Å². The normalized spacial score (nSPS) is 19.1. The molecule has 1 aliphatic carbocycles. The molecule has 0 atom stereocenters. The number of aromatic nitrogens is 2. The average Bonchev–Trinajstić information content (AvgIpc) is 2.58. The van der Waals surface area contributed by atoms with Crippen LogP contribution in [0.5, 0.6) is 0 Å². The van der Waals surface area contributed by atoms with Gasteiger partial charge in [-0.2, -0.15) is 0 Å². The van der Waals surface area contributed by atoms with Crippen molar-refractivity contribution in [1.29, 1.82) is 0 Å². The summed E-state index contributed by atoms with van der Waals surface area (Å²) >= 11 is 0. The number of hydrogen-bond donors (Lipinski definition) is 0. The fourth-order valence-corrected chi connectivity index (χ4v) is 2.64. The molecule has 15 heavy (non-hydrogen) atoms. The van der Waals surface area contributed by atoms with Crippen molar-refractivity contribution in [3.05, 3.63) is 35.8 Å². The average molecular weight is 200 g/mol. The van der Waals surface area contributed by atoms with E-state index in [9.17, 15) is 0 Å². The smallest absolute Gasteiger partial charge is 0.137 e. The molecule has 3 rings (SSSR count). The second kappa shape index (κ2) is 2.84. The number of rotatable bonds is 0. The highest BCUT2D eigenvalue weighted by Crippen LogP contribution is 2.36. The fourth-order valence-electron chi connectivity index (χ4n) is 2.64. The maximum atomic E-state index is 4.77. The third-order valence-corrected chi connectivity index (χ3v) is 3.49. The molecule has 2 aromatic rings. The SMILES string of the molecule is CC1(C)CCCc2c1nc1ccccn21. The summed E-state index contributed by atoms with van der Waals surface area (Å²) < 4.78 is 2.25. The van der Waals surface area contributed by atoms with Crippen molar-refractivity contribution in [3.63, 3.8) is 0 Å². The van der Waals surface area contributed by atoms with Gasteiger partial charge in [0, 0.05) is 17.3 Å². The molecule has 0 radical (unpaired) electrons. The molecule has 0 spiro atoms. The van der Waals surface area contributed by atoms with Crippen LogP contribution in [0, 0.1) is 0 Å². The molecule has 0 fully saturated rings. The van der Waals surface area contributed by atoms with E-state index >= 15 is 0 Å². The Hall–Kier alpha value is -1.31. The number of fused-ring (bicyclic) bond motifs is 3. The Bertz CT molecular complexity index is 508. The molecule has 0 aromatic carbocycles. The van der Waals surface area contributed by atoms with E-state index in [1.807, 2.05) is 0 Å². The highest BCUT2D eigenvalue weighted by atomic mass is 15.0.